The monoisotopic (exact) mass is 220 g/mol. The number of rotatable bonds is 4. The van der Waals surface area contributed by atoms with Gasteiger partial charge in [0.2, 0.25) is 5.91 Å². The SMILES string of the molecule is CN(CCN)C(=O)C(C)(C)c1ccccc1. The van der Waals surface area contributed by atoms with Crippen molar-refractivity contribution < 1.29 is 4.79 Å². The highest BCUT2D eigenvalue weighted by Crippen LogP contribution is 2.24. The molecule has 1 amide bonds. The molecule has 3 heteroatoms. The lowest BCUT2D eigenvalue weighted by Gasteiger charge is -2.29. The summed E-state index contributed by atoms with van der Waals surface area (Å²) in [5.74, 6) is 0.101. The molecule has 0 bridgehead atoms. The zero-order valence-corrected chi connectivity index (χ0v) is 10.2. The third-order valence-corrected chi connectivity index (χ3v) is 2.84. The van der Waals surface area contributed by atoms with Gasteiger partial charge in [0.15, 0.2) is 0 Å². The smallest absolute Gasteiger partial charge is 0.232 e. The molecule has 0 aromatic heterocycles. The molecule has 0 aliphatic heterocycles. The van der Waals surface area contributed by atoms with Gasteiger partial charge in [-0.15, -0.1) is 0 Å². The predicted molar refractivity (Wildman–Crippen MR) is 66.2 cm³/mol. The van der Waals surface area contributed by atoms with Gasteiger partial charge in [-0.2, -0.15) is 0 Å². The van der Waals surface area contributed by atoms with Crippen LogP contribution in [0, 0.1) is 0 Å². The van der Waals surface area contributed by atoms with Gasteiger partial charge in [-0.1, -0.05) is 30.3 Å². The minimum Gasteiger partial charge on any atom is -0.344 e. The van der Waals surface area contributed by atoms with E-state index >= 15 is 0 Å². The quantitative estimate of drug-likeness (QED) is 0.833. The summed E-state index contributed by atoms with van der Waals surface area (Å²) in [4.78, 5) is 13.9. The minimum atomic E-state index is -0.495. The van der Waals surface area contributed by atoms with Crippen molar-refractivity contribution in [3.63, 3.8) is 0 Å². The second kappa shape index (κ2) is 5.12. The fourth-order valence-electron chi connectivity index (χ4n) is 1.75. The van der Waals surface area contributed by atoms with E-state index in [1.807, 2.05) is 44.2 Å². The highest BCUT2D eigenvalue weighted by molar-refractivity contribution is 5.87. The Hall–Kier alpha value is -1.35. The zero-order chi connectivity index (χ0) is 12.2. The summed E-state index contributed by atoms with van der Waals surface area (Å²) >= 11 is 0. The average molecular weight is 220 g/mol. The summed E-state index contributed by atoms with van der Waals surface area (Å²) in [6.07, 6.45) is 0. The van der Waals surface area contributed by atoms with E-state index < -0.39 is 5.41 Å². The second-order valence-corrected chi connectivity index (χ2v) is 4.51. The van der Waals surface area contributed by atoms with Gasteiger partial charge in [-0.05, 0) is 19.4 Å². The summed E-state index contributed by atoms with van der Waals surface area (Å²) < 4.78 is 0. The second-order valence-electron chi connectivity index (χ2n) is 4.51. The maximum Gasteiger partial charge on any atom is 0.232 e. The van der Waals surface area contributed by atoms with E-state index in [-0.39, 0.29) is 5.91 Å². The van der Waals surface area contributed by atoms with E-state index in [2.05, 4.69) is 0 Å². The molecule has 0 saturated heterocycles. The Morgan fingerprint density at radius 1 is 1.31 bits per heavy atom. The Kier molecular flexibility index (Phi) is 4.07. The number of benzene rings is 1. The number of nitrogens with two attached hydrogens (primary N) is 1. The van der Waals surface area contributed by atoms with Gasteiger partial charge in [0.05, 0.1) is 5.41 Å². The van der Waals surface area contributed by atoms with E-state index in [1.165, 1.54) is 0 Å². The van der Waals surface area contributed by atoms with Crippen LogP contribution in [-0.2, 0) is 10.2 Å². The number of hydrogen-bond donors (Lipinski definition) is 1. The van der Waals surface area contributed by atoms with Crippen LogP contribution >= 0.6 is 0 Å². The maximum atomic E-state index is 12.2. The van der Waals surface area contributed by atoms with Crippen molar-refractivity contribution in [3.8, 4) is 0 Å². The first-order chi connectivity index (χ1) is 7.50. The van der Waals surface area contributed by atoms with Crippen molar-refractivity contribution in [3.05, 3.63) is 35.9 Å². The largest absolute Gasteiger partial charge is 0.344 e. The van der Waals surface area contributed by atoms with Gasteiger partial charge in [0, 0.05) is 20.1 Å². The Morgan fingerprint density at radius 3 is 2.38 bits per heavy atom. The minimum absolute atomic E-state index is 0.101. The van der Waals surface area contributed by atoms with Crippen LogP contribution in [0.15, 0.2) is 30.3 Å². The lowest BCUT2D eigenvalue weighted by atomic mass is 9.83. The molecule has 0 atom stereocenters. The standard InChI is InChI=1S/C13H20N2O/c1-13(2,11-7-5-4-6-8-11)12(16)15(3)10-9-14/h4-8H,9-10,14H2,1-3H3. The molecule has 0 aliphatic carbocycles. The summed E-state index contributed by atoms with van der Waals surface area (Å²) in [7, 11) is 1.79. The number of carbonyl (C=O) groups is 1. The van der Waals surface area contributed by atoms with Crippen LogP contribution in [0.1, 0.15) is 19.4 Å². The number of nitrogens with zero attached hydrogens (tertiary/aromatic N) is 1. The van der Waals surface area contributed by atoms with E-state index in [1.54, 1.807) is 11.9 Å². The van der Waals surface area contributed by atoms with Crippen LogP contribution in [0.25, 0.3) is 0 Å². The Bertz CT molecular complexity index is 346. The van der Waals surface area contributed by atoms with Crippen molar-refractivity contribution in [2.45, 2.75) is 19.3 Å². The van der Waals surface area contributed by atoms with Crippen LogP contribution in [0.2, 0.25) is 0 Å². The lowest BCUT2D eigenvalue weighted by molar-refractivity contribution is -0.134. The molecule has 16 heavy (non-hydrogen) atoms. The zero-order valence-electron chi connectivity index (χ0n) is 10.2. The van der Waals surface area contributed by atoms with Crippen LogP contribution in [-0.4, -0.2) is 30.9 Å². The van der Waals surface area contributed by atoms with Crippen LogP contribution in [0.4, 0.5) is 0 Å². The molecule has 0 spiro atoms. The topological polar surface area (TPSA) is 46.3 Å². The number of amides is 1. The average Bonchev–Trinajstić information content (AvgIpc) is 2.29. The van der Waals surface area contributed by atoms with E-state index in [0.717, 1.165) is 5.56 Å². The number of carbonyl (C=O) groups excluding carboxylic acids is 1. The molecule has 1 aromatic rings. The third-order valence-electron chi connectivity index (χ3n) is 2.84. The molecule has 1 aromatic carbocycles. The first-order valence-electron chi connectivity index (χ1n) is 5.51. The number of hydrogen-bond acceptors (Lipinski definition) is 2. The molecule has 2 N–H and O–H groups in total. The Morgan fingerprint density at radius 2 is 1.88 bits per heavy atom. The van der Waals surface area contributed by atoms with E-state index in [9.17, 15) is 4.79 Å². The van der Waals surface area contributed by atoms with Crippen LogP contribution < -0.4 is 5.73 Å². The van der Waals surface area contributed by atoms with E-state index in [4.69, 9.17) is 5.73 Å². The molecule has 0 aliphatic rings. The predicted octanol–water partition coefficient (Wildman–Crippen LogP) is 1.38. The summed E-state index contributed by atoms with van der Waals surface area (Å²) in [5.41, 5.74) is 5.99. The van der Waals surface area contributed by atoms with Crippen molar-refractivity contribution in [2.75, 3.05) is 20.1 Å². The third kappa shape index (κ3) is 2.61. The Labute approximate surface area is 97.2 Å². The first kappa shape index (κ1) is 12.7. The van der Waals surface area contributed by atoms with Gasteiger partial charge >= 0.3 is 0 Å². The molecule has 0 fully saturated rings. The highest BCUT2D eigenvalue weighted by atomic mass is 16.2. The fraction of sp³-hybridized carbons (Fsp3) is 0.462. The van der Waals surface area contributed by atoms with Crippen molar-refractivity contribution in [2.24, 2.45) is 5.73 Å². The Balaban J connectivity index is 2.89. The molecule has 88 valence electrons. The molecule has 0 unspecified atom stereocenters. The fourth-order valence-corrected chi connectivity index (χ4v) is 1.75. The van der Waals surface area contributed by atoms with Gasteiger partial charge < -0.3 is 10.6 Å². The summed E-state index contributed by atoms with van der Waals surface area (Å²) in [6.45, 7) is 4.97. The number of likely N-dealkylation sites (N-methyl/N-ethyl adjacent to an activating group) is 1. The highest BCUT2D eigenvalue weighted by Gasteiger charge is 2.31. The van der Waals surface area contributed by atoms with Gasteiger partial charge in [-0.3, -0.25) is 4.79 Å². The van der Waals surface area contributed by atoms with Gasteiger partial charge in [0.1, 0.15) is 0 Å². The van der Waals surface area contributed by atoms with Crippen molar-refractivity contribution >= 4 is 5.91 Å². The molecule has 0 radical (unpaired) electrons. The van der Waals surface area contributed by atoms with Crippen LogP contribution in [0.5, 0.6) is 0 Å². The van der Waals surface area contributed by atoms with Gasteiger partial charge in [0.25, 0.3) is 0 Å². The van der Waals surface area contributed by atoms with Gasteiger partial charge in [-0.25, -0.2) is 0 Å². The molecule has 3 nitrogen and oxygen atoms in total. The summed E-state index contributed by atoms with van der Waals surface area (Å²) in [5, 5.41) is 0. The van der Waals surface area contributed by atoms with Crippen LogP contribution in [0.3, 0.4) is 0 Å². The molecule has 0 heterocycles. The maximum absolute atomic E-state index is 12.2. The molecule has 1 rings (SSSR count). The van der Waals surface area contributed by atoms with Crippen molar-refractivity contribution in [1.82, 2.24) is 4.90 Å². The first-order valence-corrected chi connectivity index (χ1v) is 5.51. The molecular formula is C13H20N2O. The molecule has 0 saturated carbocycles. The lowest BCUT2D eigenvalue weighted by Crippen LogP contribution is -2.43. The normalized spacial score (nSPS) is 11.2. The van der Waals surface area contributed by atoms with Crippen molar-refractivity contribution in [1.29, 1.82) is 0 Å². The van der Waals surface area contributed by atoms with E-state index in [0.29, 0.717) is 13.1 Å². The molecular weight excluding hydrogens is 200 g/mol. The summed E-state index contributed by atoms with van der Waals surface area (Å²) in [6, 6.07) is 9.82.